The summed E-state index contributed by atoms with van der Waals surface area (Å²) in [6.07, 6.45) is 2.82. The Bertz CT molecular complexity index is 711. The molecule has 0 bridgehead atoms. The lowest BCUT2D eigenvalue weighted by molar-refractivity contribution is 0.158. The van der Waals surface area contributed by atoms with Crippen molar-refractivity contribution < 1.29 is 4.74 Å². The van der Waals surface area contributed by atoms with Crippen LogP contribution in [0.1, 0.15) is 12.0 Å². The number of hydrogen-bond donors (Lipinski definition) is 0. The molecule has 118 valence electrons. The van der Waals surface area contributed by atoms with Gasteiger partial charge in [-0.1, -0.05) is 6.07 Å². The first-order valence-corrected chi connectivity index (χ1v) is 7.84. The molecule has 1 unspecified atom stereocenters. The van der Waals surface area contributed by atoms with Crippen molar-refractivity contribution in [3.63, 3.8) is 0 Å². The summed E-state index contributed by atoms with van der Waals surface area (Å²) < 4.78 is 6.89. The van der Waals surface area contributed by atoms with Crippen LogP contribution >= 0.6 is 0 Å². The van der Waals surface area contributed by atoms with Crippen LogP contribution in [-0.4, -0.2) is 47.8 Å². The molecule has 0 amide bonds. The minimum atomic E-state index is 0.0698. The van der Waals surface area contributed by atoms with E-state index in [1.807, 2.05) is 25.1 Å². The van der Waals surface area contributed by atoms with Gasteiger partial charge >= 0.3 is 0 Å². The first kappa shape index (κ1) is 15.2. The molecule has 1 aromatic heterocycles. The molecular formula is C17H23N3O2. The maximum atomic E-state index is 12.6. The topological polar surface area (TPSA) is 47.4 Å². The van der Waals surface area contributed by atoms with Gasteiger partial charge in [-0.15, -0.1) is 0 Å². The van der Waals surface area contributed by atoms with Gasteiger partial charge in [0.05, 0.1) is 23.8 Å². The van der Waals surface area contributed by atoms with E-state index in [2.05, 4.69) is 9.88 Å². The second kappa shape index (κ2) is 6.58. The zero-order valence-corrected chi connectivity index (χ0v) is 13.3. The molecule has 3 rings (SSSR count). The number of benzene rings is 1. The van der Waals surface area contributed by atoms with Gasteiger partial charge in [0.2, 0.25) is 0 Å². The van der Waals surface area contributed by atoms with E-state index in [4.69, 9.17) is 4.74 Å². The molecule has 5 nitrogen and oxygen atoms in total. The van der Waals surface area contributed by atoms with Crippen LogP contribution in [-0.2, 0) is 11.3 Å². The fourth-order valence-corrected chi connectivity index (χ4v) is 3.16. The highest BCUT2D eigenvalue weighted by Crippen LogP contribution is 2.17. The zero-order chi connectivity index (χ0) is 15.5. The van der Waals surface area contributed by atoms with Crippen LogP contribution in [0, 0.1) is 12.8 Å². The van der Waals surface area contributed by atoms with E-state index in [0.29, 0.717) is 11.3 Å². The summed E-state index contributed by atoms with van der Waals surface area (Å²) in [6.45, 7) is 6.62. The summed E-state index contributed by atoms with van der Waals surface area (Å²) in [5.41, 5.74) is 1.98. The third-order valence-electron chi connectivity index (χ3n) is 4.42. The van der Waals surface area contributed by atoms with Crippen LogP contribution in [0.3, 0.4) is 0 Å². The Morgan fingerprint density at radius 2 is 2.27 bits per heavy atom. The van der Waals surface area contributed by atoms with Gasteiger partial charge in [-0.25, -0.2) is 4.98 Å². The quantitative estimate of drug-likeness (QED) is 0.843. The molecule has 22 heavy (non-hydrogen) atoms. The van der Waals surface area contributed by atoms with Crippen molar-refractivity contribution in [1.82, 2.24) is 14.5 Å². The van der Waals surface area contributed by atoms with E-state index in [1.54, 1.807) is 18.0 Å². The Balaban J connectivity index is 1.73. The van der Waals surface area contributed by atoms with Gasteiger partial charge in [0, 0.05) is 26.7 Å². The van der Waals surface area contributed by atoms with Crippen LogP contribution in [0.4, 0.5) is 0 Å². The molecule has 2 aromatic rings. The number of aryl methyl sites for hydroxylation is 1. The molecule has 0 N–H and O–H groups in total. The van der Waals surface area contributed by atoms with E-state index >= 15 is 0 Å². The molecule has 1 fully saturated rings. The summed E-state index contributed by atoms with van der Waals surface area (Å²) in [6, 6.07) is 5.82. The first-order chi connectivity index (χ1) is 10.7. The number of methoxy groups -OCH3 is 1. The predicted molar refractivity (Wildman–Crippen MR) is 87.2 cm³/mol. The number of fused-ring (bicyclic) bond motifs is 1. The minimum Gasteiger partial charge on any atom is -0.383 e. The van der Waals surface area contributed by atoms with Gasteiger partial charge < -0.3 is 9.64 Å². The second-order valence-electron chi connectivity index (χ2n) is 6.17. The predicted octanol–water partition coefficient (Wildman–Crippen LogP) is 1.67. The van der Waals surface area contributed by atoms with Gasteiger partial charge in [0.15, 0.2) is 0 Å². The maximum absolute atomic E-state index is 12.6. The van der Waals surface area contributed by atoms with Crippen LogP contribution in [0.5, 0.6) is 0 Å². The molecule has 1 aliphatic rings. The van der Waals surface area contributed by atoms with Gasteiger partial charge in [-0.05, 0) is 43.5 Å². The van der Waals surface area contributed by atoms with Gasteiger partial charge in [-0.2, -0.15) is 0 Å². The molecule has 1 atom stereocenters. The SMILES string of the molecule is COCCN1CCC(Cn2cnc3cc(C)ccc3c2=O)C1. The van der Waals surface area contributed by atoms with Crippen molar-refractivity contribution in [3.05, 3.63) is 40.4 Å². The molecule has 0 radical (unpaired) electrons. The Kier molecular flexibility index (Phi) is 4.55. The maximum Gasteiger partial charge on any atom is 0.261 e. The third kappa shape index (κ3) is 3.20. The second-order valence-corrected chi connectivity index (χ2v) is 6.17. The Morgan fingerprint density at radius 1 is 1.41 bits per heavy atom. The van der Waals surface area contributed by atoms with E-state index in [-0.39, 0.29) is 5.56 Å². The largest absolute Gasteiger partial charge is 0.383 e. The third-order valence-corrected chi connectivity index (χ3v) is 4.42. The Labute approximate surface area is 130 Å². The van der Waals surface area contributed by atoms with E-state index in [1.165, 1.54) is 0 Å². The fraction of sp³-hybridized carbons (Fsp3) is 0.529. The summed E-state index contributed by atoms with van der Waals surface area (Å²) in [7, 11) is 1.73. The summed E-state index contributed by atoms with van der Waals surface area (Å²) >= 11 is 0. The molecule has 2 heterocycles. The van der Waals surface area contributed by atoms with Gasteiger partial charge in [0.25, 0.3) is 5.56 Å². The number of ether oxygens (including phenoxy) is 1. The highest BCUT2D eigenvalue weighted by Gasteiger charge is 2.22. The number of rotatable bonds is 5. The van der Waals surface area contributed by atoms with Gasteiger partial charge in [-0.3, -0.25) is 9.36 Å². The minimum absolute atomic E-state index is 0.0698. The van der Waals surface area contributed by atoms with E-state index < -0.39 is 0 Å². The average molecular weight is 301 g/mol. The van der Waals surface area contributed by atoms with Crippen LogP contribution in [0.25, 0.3) is 10.9 Å². The fourth-order valence-electron chi connectivity index (χ4n) is 3.16. The molecule has 1 aromatic carbocycles. The average Bonchev–Trinajstić information content (AvgIpc) is 2.95. The van der Waals surface area contributed by atoms with Crippen molar-refractivity contribution in [2.24, 2.45) is 5.92 Å². The molecule has 0 spiro atoms. The smallest absolute Gasteiger partial charge is 0.261 e. The highest BCUT2D eigenvalue weighted by atomic mass is 16.5. The molecular weight excluding hydrogens is 278 g/mol. The molecule has 0 saturated carbocycles. The van der Waals surface area contributed by atoms with Crippen molar-refractivity contribution >= 4 is 10.9 Å². The number of hydrogen-bond acceptors (Lipinski definition) is 4. The number of aromatic nitrogens is 2. The zero-order valence-electron chi connectivity index (χ0n) is 13.3. The van der Waals surface area contributed by atoms with Crippen LogP contribution in [0.2, 0.25) is 0 Å². The normalized spacial score (nSPS) is 19.1. The van der Waals surface area contributed by atoms with Crippen molar-refractivity contribution in [2.75, 3.05) is 33.4 Å². The Hall–Kier alpha value is -1.72. The summed E-state index contributed by atoms with van der Waals surface area (Å²) in [4.78, 5) is 19.4. The first-order valence-electron chi connectivity index (χ1n) is 7.84. The lowest BCUT2D eigenvalue weighted by atomic mass is 10.1. The van der Waals surface area contributed by atoms with Crippen molar-refractivity contribution in [3.8, 4) is 0 Å². The molecule has 1 aliphatic heterocycles. The molecule has 1 saturated heterocycles. The lowest BCUT2D eigenvalue weighted by Crippen LogP contribution is -2.28. The molecule has 5 heteroatoms. The standard InChI is InChI=1S/C17H23N3O2/c1-13-3-4-15-16(9-13)18-12-20(17(15)21)11-14-5-6-19(10-14)7-8-22-2/h3-4,9,12,14H,5-8,10-11H2,1-2H3. The van der Waals surface area contributed by atoms with Crippen LogP contribution in [0.15, 0.2) is 29.3 Å². The van der Waals surface area contributed by atoms with E-state index in [9.17, 15) is 4.79 Å². The monoisotopic (exact) mass is 301 g/mol. The Morgan fingerprint density at radius 3 is 3.09 bits per heavy atom. The number of likely N-dealkylation sites (tertiary alicyclic amines) is 1. The lowest BCUT2D eigenvalue weighted by Gasteiger charge is -2.16. The van der Waals surface area contributed by atoms with Crippen molar-refractivity contribution in [2.45, 2.75) is 19.9 Å². The summed E-state index contributed by atoms with van der Waals surface area (Å²) in [5, 5.41) is 0.710. The highest BCUT2D eigenvalue weighted by molar-refractivity contribution is 5.77. The summed E-state index contributed by atoms with van der Waals surface area (Å²) in [5.74, 6) is 0.513. The van der Waals surface area contributed by atoms with Crippen molar-refractivity contribution in [1.29, 1.82) is 0 Å². The van der Waals surface area contributed by atoms with Gasteiger partial charge in [0.1, 0.15) is 0 Å². The molecule has 0 aliphatic carbocycles. The van der Waals surface area contributed by atoms with Crippen LogP contribution < -0.4 is 5.56 Å². The van der Waals surface area contributed by atoms with E-state index in [0.717, 1.165) is 50.3 Å². The number of nitrogens with zero attached hydrogens (tertiary/aromatic N) is 3.